The lowest BCUT2D eigenvalue weighted by atomic mass is 10.2. The van der Waals surface area contributed by atoms with Crippen molar-refractivity contribution < 1.29 is 4.74 Å². The SMILES string of the molecule is Cc1nn(C)cc1-c1nc2ncc(Cl)c(Oc3ccc(N4CCNC[C@@H]4C)nc3)c2[nH]1. The summed E-state index contributed by atoms with van der Waals surface area (Å²) >= 11 is 6.43. The van der Waals surface area contributed by atoms with Crippen molar-refractivity contribution in [1.29, 1.82) is 0 Å². The van der Waals surface area contributed by atoms with Crippen LogP contribution in [-0.2, 0) is 7.05 Å². The van der Waals surface area contributed by atoms with Crippen LogP contribution in [0.2, 0.25) is 5.02 Å². The van der Waals surface area contributed by atoms with Crippen molar-refractivity contribution >= 4 is 28.6 Å². The molecule has 0 bridgehead atoms. The Morgan fingerprint density at radius 1 is 1.23 bits per heavy atom. The highest BCUT2D eigenvalue weighted by Crippen LogP contribution is 2.36. The van der Waals surface area contributed by atoms with Crippen LogP contribution in [0.1, 0.15) is 12.6 Å². The van der Waals surface area contributed by atoms with Crippen molar-refractivity contribution in [2.24, 2.45) is 7.05 Å². The normalized spacial score (nSPS) is 16.8. The van der Waals surface area contributed by atoms with Gasteiger partial charge in [-0.3, -0.25) is 4.68 Å². The lowest BCUT2D eigenvalue weighted by Crippen LogP contribution is -2.50. The van der Waals surface area contributed by atoms with E-state index in [9.17, 15) is 0 Å². The minimum atomic E-state index is 0.390. The van der Waals surface area contributed by atoms with Gasteiger partial charge < -0.3 is 19.9 Å². The molecule has 1 aliphatic heterocycles. The molecule has 0 saturated carbocycles. The number of imidazole rings is 1. The third-order valence-electron chi connectivity index (χ3n) is 5.43. The Labute approximate surface area is 184 Å². The summed E-state index contributed by atoms with van der Waals surface area (Å²) in [5.74, 6) is 2.66. The molecule has 1 fully saturated rings. The van der Waals surface area contributed by atoms with Gasteiger partial charge in [0.05, 0.1) is 23.7 Å². The van der Waals surface area contributed by atoms with Crippen LogP contribution >= 0.6 is 11.6 Å². The standard InChI is InChI=1S/C21H23ClN8O/c1-12-8-23-6-7-30(12)17-5-4-14(9-24-17)31-19-16(22)10-25-21-18(19)26-20(27-21)15-11-29(3)28-13(15)2/h4-5,9-12,23H,6-8H2,1-3H3,(H,25,26,27)/t12-/m0/s1. The van der Waals surface area contributed by atoms with E-state index in [-0.39, 0.29) is 0 Å². The number of piperazine rings is 1. The molecule has 5 rings (SSSR count). The molecule has 4 aromatic rings. The second kappa shape index (κ2) is 7.82. The molecule has 0 radical (unpaired) electrons. The van der Waals surface area contributed by atoms with Crippen molar-refractivity contribution in [2.45, 2.75) is 19.9 Å². The second-order valence-corrected chi connectivity index (χ2v) is 8.13. The number of aromatic amines is 1. The number of hydrogen-bond acceptors (Lipinski definition) is 7. The van der Waals surface area contributed by atoms with Crippen molar-refractivity contribution in [3.8, 4) is 22.9 Å². The van der Waals surface area contributed by atoms with E-state index in [0.29, 0.717) is 39.6 Å². The maximum Gasteiger partial charge on any atom is 0.182 e. The molecule has 4 aromatic heterocycles. The summed E-state index contributed by atoms with van der Waals surface area (Å²) in [6.45, 7) is 6.95. The van der Waals surface area contributed by atoms with Gasteiger partial charge in [0.25, 0.3) is 0 Å². The Kier molecular flexibility index (Phi) is 4.99. The first-order chi connectivity index (χ1) is 15.0. The van der Waals surface area contributed by atoms with E-state index in [1.165, 1.54) is 0 Å². The van der Waals surface area contributed by atoms with Crippen LogP contribution in [-0.4, -0.2) is 55.4 Å². The summed E-state index contributed by atoms with van der Waals surface area (Å²) in [6.07, 6.45) is 5.17. The first-order valence-corrected chi connectivity index (χ1v) is 10.5. The number of rotatable bonds is 4. The summed E-state index contributed by atoms with van der Waals surface area (Å²) in [6, 6.07) is 4.27. The minimum absolute atomic E-state index is 0.390. The third kappa shape index (κ3) is 3.70. The molecule has 10 heteroatoms. The highest BCUT2D eigenvalue weighted by Gasteiger charge is 2.20. The van der Waals surface area contributed by atoms with E-state index in [1.54, 1.807) is 17.1 Å². The highest BCUT2D eigenvalue weighted by atomic mass is 35.5. The molecule has 2 N–H and O–H groups in total. The van der Waals surface area contributed by atoms with Crippen molar-refractivity contribution in [3.63, 3.8) is 0 Å². The average Bonchev–Trinajstić information content (AvgIpc) is 3.33. The number of fused-ring (bicyclic) bond motifs is 1. The first kappa shape index (κ1) is 19.8. The van der Waals surface area contributed by atoms with E-state index in [1.807, 2.05) is 32.3 Å². The number of hydrogen-bond donors (Lipinski definition) is 2. The fraction of sp³-hybridized carbons (Fsp3) is 0.333. The number of pyridine rings is 2. The molecule has 5 heterocycles. The van der Waals surface area contributed by atoms with Crippen LogP contribution in [0, 0.1) is 6.92 Å². The Balaban J connectivity index is 1.46. The monoisotopic (exact) mass is 438 g/mol. The van der Waals surface area contributed by atoms with Crippen LogP contribution in [0.25, 0.3) is 22.6 Å². The van der Waals surface area contributed by atoms with E-state index >= 15 is 0 Å². The molecule has 31 heavy (non-hydrogen) atoms. The van der Waals surface area contributed by atoms with Crippen LogP contribution in [0.5, 0.6) is 11.5 Å². The fourth-order valence-corrected chi connectivity index (χ4v) is 4.05. The predicted octanol–water partition coefficient (Wildman–Crippen LogP) is 3.31. The van der Waals surface area contributed by atoms with E-state index in [4.69, 9.17) is 16.3 Å². The Bertz CT molecular complexity index is 1230. The summed E-state index contributed by atoms with van der Waals surface area (Å²) in [4.78, 5) is 19.1. The van der Waals surface area contributed by atoms with Gasteiger partial charge >= 0.3 is 0 Å². The zero-order valence-electron chi connectivity index (χ0n) is 17.6. The molecule has 0 aromatic carbocycles. The second-order valence-electron chi connectivity index (χ2n) is 7.72. The predicted molar refractivity (Wildman–Crippen MR) is 120 cm³/mol. The van der Waals surface area contributed by atoms with Crippen molar-refractivity contribution in [2.75, 3.05) is 24.5 Å². The van der Waals surface area contributed by atoms with E-state index < -0.39 is 0 Å². The molecule has 1 aliphatic rings. The molecular formula is C21H23ClN8O. The van der Waals surface area contributed by atoms with Gasteiger partial charge in [0, 0.05) is 38.9 Å². The summed E-state index contributed by atoms with van der Waals surface area (Å²) in [5.41, 5.74) is 2.93. The number of halogens is 1. The Morgan fingerprint density at radius 2 is 2.10 bits per heavy atom. The molecular weight excluding hydrogens is 416 g/mol. The molecule has 0 aliphatic carbocycles. The minimum Gasteiger partial charge on any atom is -0.452 e. The van der Waals surface area contributed by atoms with Crippen LogP contribution < -0.4 is 15.0 Å². The van der Waals surface area contributed by atoms with Gasteiger partial charge in [-0.25, -0.2) is 15.0 Å². The number of nitrogens with zero attached hydrogens (tertiary/aromatic N) is 6. The zero-order chi connectivity index (χ0) is 21.5. The number of nitrogens with one attached hydrogen (secondary N) is 2. The van der Waals surface area contributed by atoms with Crippen LogP contribution in [0.4, 0.5) is 5.82 Å². The van der Waals surface area contributed by atoms with Crippen LogP contribution in [0.3, 0.4) is 0 Å². The summed E-state index contributed by atoms with van der Waals surface area (Å²) in [5, 5.41) is 8.16. The van der Waals surface area contributed by atoms with Gasteiger partial charge in [0.15, 0.2) is 11.4 Å². The highest BCUT2D eigenvalue weighted by molar-refractivity contribution is 6.32. The number of ether oxygens (including phenoxy) is 1. The van der Waals surface area contributed by atoms with Gasteiger partial charge in [-0.2, -0.15) is 5.10 Å². The Hall–Kier alpha value is -3.17. The average molecular weight is 439 g/mol. The maximum absolute atomic E-state index is 6.43. The molecule has 1 atom stereocenters. The van der Waals surface area contributed by atoms with Crippen molar-refractivity contribution in [1.82, 2.24) is 35.0 Å². The zero-order valence-corrected chi connectivity index (χ0v) is 18.3. The number of H-pyrrole nitrogens is 1. The molecule has 0 amide bonds. The van der Waals surface area contributed by atoms with Crippen LogP contribution in [0.15, 0.2) is 30.7 Å². The van der Waals surface area contributed by atoms with Gasteiger partial charge in [-0.1, -0.05) is 11.6 Å². The van der Waals surface area contributed by atoms with E-state index in [0.717, 1.165) is 36.7 Å². The maximum atomic E-state index is 6.43. The van der Waals surface area contributed by atoms with Gasteiger partial charge in [-0.15, -0.1) is 0 Å². The molecule has 0 unspecified atom stereocenters. The summed E-state index contributed by atoms with van der Waals surface area (Å²) in [7, 11) is 1.88. The number of aromatic nitrogens is 6. The van der Waals surface area contributed by atoms with Gasteiger partial charge in [0.1, 0.15) is 27.9 Å². The molecule has 9 nitrogen and oxygen atoms in total. The summed E-state index contributed by atoms with van der Waals surface area (Å²) < 4.78 is 7.87. The smallest absolute Gasteiger partial charge is 0.182 e. The number of aryl methyl sites for hydroxylation is 2. The third-order valence-corrected chi connectivity index (χ3v) is 5.70. The van der Waals surface area contributed by atoms with Crippen molar-refractivity contribution in [3.05, 3.63) is 41.4 Å². The van der Waals surface area contributed by atoms with Gasteiger partial charge in [0.2, 0.25) is 0 Å². The largest absolute Gasteiger partial charge is 0.452 e. The topological polar surface area (TPSA) is 96.8 Å². The fourth-order valence-electron chi connectivity index (χ4n) is 3.87. The molecule has 1 saturated heterocycles. The Morgan fingerprint density at radius 3 is 2.81 bits per heavy atom. The quantitative estimate of drug-likeness (QED) is 0.504. The van der Waals surface area contributed by atoms with E-state index in [2.05, 4.69) is 42.2 Å². The first-order valence-electron chi connectivity index (χ1n) is 10.2. The van der Waals surface area contributed by atoms with Gasteiger partial charge in [-0.05, 0) is 26.0 Å². The number of anilines is 1. The lowest BCUT2D eigenvalue weighted by molar-refractivity contribution is 0.480. The molecule has 160 valence electrons. The lowest BCUT2D eigenvalue weighted by Gasteiger charge is -2.34. The molecule has 0 spiro atoms.